The molecule has 0 spiro atoms. The Hall–Kier alpha value is -3.49. The van der Waals surface area contributed by atoms with Crippen molar-refractivity contribution >= 4 is 33.2 Å². The fourth-order valence-electron chi connectivity index (χ4n) is 4.19. The molecule has 3 aromatic rings. The summed E-state index contributed by atoms with van der Waals surface area (Å²) < 4.78 is 28.8. The summed E-state index contributed by atoms with van der Waals surface area (Å²) in [5.74, 6) is -0.430. The van der Waals surface area contributed by atoms with Crippen LogP contribution in [0.5, 0.6) is 0 Å². The second-order valence-electron chi connectivity index (χ2n) is 8.56. The van der Waals surface area contributed by atoms with Crippen molar-refractivity contribution in [1.82, 2.24) is 4.72 Å². The summed E-state index contributed by atoms with van der Waals surface area (Å²) in [7, 11) is -3.90. The van der Waals surface area contributed by atoms with Crippen molar-refractivity contribution in [3.05, 3.63) is 89.0 Å². The van der Waals surface area contributed by atoms with Gasteiger partial charge in [0.1, 0.15) is 4.90 Å². The van der Waals surface area contributed by atoms with Crippen LogP contribution in [-0.2, 0) is 27.8 Å². The zero-order chi connectivity index (χ0) is 24.5. The first-order chi connectivity index (χ1) is 16.2. The highest BCUT2D eigenvalue weighted by Gasteiger charge is 2.31. The molecule has 4 rings (SSSR count). The number of nitrogens with zero attached hydrogens (tertiary/aromatic N) is 1. The van der Waals surface area contributed by atoms with E-state index in [4.69, 9.17) is 0 Å². The van der Waals surface area contributed by atoms with Gasteiger partial charge >= 0.3 is 0 Å². The Bertz CT molecular complexity index is 1350. The Labute approximate surface area is 199 Å². The molecule has 0 fully saturated rings. The molecule has 7 nitrogen and oxygen atoms in total. The topological polar surface area (TPSA) is 95.6 Å². The lowest BCUT2D eigenvalue weighted by atomic mass is 10.1. The Morgan fingerprint density at radius 2 is 1.76 bits per heavy atom. The van der Waals surface area contributed by atoms with Crippen molar-refractivity contribution in [2.75, 3.05) is 10.2 Å². The van der Waals surface area contributed by atoms with Crippen LogP contribution >= 0.6 is 0 Å². The van der Waals surface area contributed by atoms with E-state index in [0.717, 1.165) is 28.8 Å². The number of carbonyl (C=O) groups is 2. The van der Waals surface area contributed by atoms with E-state index in [1.807, 2.05) is 43.3 Å². The van der Waals surface area contributed by atoms with Crippen molar-refractivity contribution in [3.8, 4) is 0 Å². The van der Waals surface area contributed by atoms with Crippen LogP contribution in [0.15, 0.2) is 71.6 Å². The molecule has 3 aromatic carbocycles. The molecule has 1 aliphatic heterocycles. The number of hydrogen-bond acceptors (Lipinski definition) is 4. The maximum absolute atomic E-state index is 13.2. The molecule has 0 saturated carbocycles. The lowest BCUT2D eigenvalue weighted by Gasteiger charge is -2.23. The number of nitrogens with one attached hydrogen (secondary N) is 2. The fourth-order valence-corrected chi connectivity index (χ4v) is 5.46. The lowest BCUT2D eigenvalue weighted by molar-refractivity contribution is -0.114. The number of rotatable bonds is 6. The highest BCUT2D eigenvalue weighted by atomic mass is 32.2. The lowest BCUT2D eigenvalue weighted by Crippen LogP contribution is -2.35. The predicted octanol–water partition coefficient (Wildman–Crippen LogP) is 4.02. The van der Waals surface area contributed by atoms with E-state index in [0.29, 0.717) is 5.56 Å². The number of amides is 2. The largest absolute Gasteiger partial charge is 0.325 e. The Morgan fingerprint density at radius 1 is 1.03 bits per heavy atom. The van der Waals surface area contributed by atoms with E-state index in [1.54, 1.807) is 36.1 Å². The number of carbonyl (C=O) groups excluding carboxylic acids is 2. The van der Waals surface area contributed by atoms with Gasteiger partial charge in [-0.2, -0.15) is 0 Å². The number of fused-ring (bicyclic) bond motifs is 1. The summed E-state index contributed by atoms with van der Waals surface area (Å²) >= 11 is 0. The Balaban J connectivity index is 1.58. The maximum Gasteiger partial charge on any atom is 0.258 e. The van der Waals surface area contributed by atoms with E-state index in [9.17, 15) is 18.0 Å². The van der Waals surface area contributed by atoms with Crippen molar-refractivity contribution in [1.29, 1.82) is 0 Å². The van der Waals surface area contributed by atoms with Crippen LogP contribution in [0.2, 0.25) is 0 Å². The first-order valence-corrected chi connectivity index (χ1v) is 12.5. The van der Waals surface area contributed by atoms with E-state index in [-0.39, 0.29) is 35.0 Å². The molecular formula is C26H27N3O4S. The number of aryl methyl sites for hydroxylation is 1. The Morgan fingerprint density at radius 3 is 2.47 bits per heavy atom. The molecule has 0 aromatic heterocycles. The fraction of sp³-hybridized carbons (Fsp3) is 0.231. The van der Waals surface area contributed by atoms with Gasteiger partial charge in [-0.05, 0) is 67.3 Å². The summed E-state index contributed by atoms with van der Waals surface area (Å²) in [6.45, 7) is 5.17. The van der Waals surface area contributed by atoms with Gasteiger partial charge in [0.05, 0.1) is 5.69 Å². The molecular weight excluding hydrogens is 450 g/mol. The molecule has 1 aliphatic rings. The van der Waals surface area contributed by atoms with Crippen molar-refractivity contribution in [3.63, 3.8) is 0 Å². The average Bonchev–Trinajstić information content (AvgIpc) is 3.13. The molecule has 1 atom stereocenters. The summed E-state index contributed by atoms with van der Waals surface area (Å²) in [4.78, 5) is 26.5. The molecule has 1 heterocycles. The highest BCUT2D eigenvalue weighted by Crippen LogP contribution is 2.34. The van der Waals surface area contributed by atoms with Crippen LogP contribution in [0.3, 0.4) is 0 Å². The second-order valence-corrected chi connectivity index (χ2v) is 10.3. The third kappa shape index (κ3) is 4.88. The average molecular weight is 478 g/mol. The summed E-state index contributed by atoms with van der Waals surface area (Å²) in [5, 5.41) is 2.58. The molecule has 0 saturated heterocycles. The van der Waals surface area contributed by atoms with Gasteiger partial charge in [0, 0.05) is 30.8 Å². The molecule has 0 radical (unpaired) electrons. The van der Waals surface area contributed by atoms with Crippen LogP contribution in [0.1, 0.15) is 40.9 Å². The highest BCUT2D eigenvalue weighted by molar-refractivity contribution is 7.89. The van der Waals surface area contributed by atoms with Crippen LogP contribution in [0.25, 0.3) is 0 Å². The molecule has 176 valence electrons. The van der Waals surface area contributed by atoms with Crippen LogP contribution < -0.4 is 14.9 Å². The van der Waals surface area contributed by atoms with Gasteiger partial charge in [0.2, 0.25) is 15.9 Å². The van der Waals surface area contributed by atoms with Crippen LogP contribution in [0, 0.1) is 6.92 Å². The van der Waals surface area contributed by atoms with Gasteiger partial charge in [-0.15, -0.1) is 0 Å². The predicted molar refractivity (Wildman–Crippen MR) is 132 cm³/mol. The number of anilines is 2. The molecule has 2 amide bonds. The number of benzene rings is 3. The quantitative estimate of drug-likeness (QED) is 0.561. The van der Waals surface area contributed by atoms with E-state index < -0.39 is 10.0 Å². The Kier molecular flexibility index (Phi) is 6.54. The van der Waals surface area contributed by atoms with E-state index >= 15 is 0 Å². The third-order valence-corrected chi connectivity index (χ3v) is 7.25. The third-order valence-electron chi connectivity index (χ3n) is 5.81. The van der Waals surface area contributed by atoms with Crippen LogP contribution in [0.4, 0.5) is 11.4 Å². The van der Waals surface area contributed by atoms with Crippen molar-refractivity contribution < 1.29 is 18.0 Å². The summed E-state index contributed by atoms with van der Waals surface area (Å²) in [6, 6.07) is 19.7. The monoisotopic (exact) mass is 477 g/mol. The molecule has 8 heteroatoms. The summed E-state index contributed by atoms with van der Waals surface area (Å²) in [6.07, 6.45) is 0.739. The van der Waals surface area contributed by atoms with E-state index in [2.05, 4.69) is 10.0 Å². The zero-order valence-corrected chi connectivity index (χ0v) is 20.1. The first kappa shape index (κ1) is 23.7. The minimum Gasteiger partial charge on any atom is -0.325 e. The normalized spacial score (nSPS) is 15.1. The number of sulfonamides is 1. The molecule has 0 bridgehead atoms. The minimum atomic E-state index is -3.90. The molecule has 0 aliphatic carbocycles. The molecule has 34 heavy (non-hydrogen) atoms. The maximum atomic E-state index is 13.2. The van der Waals surface area contributed by atoms with E-state index in [1.165, 1.54) is 13.0 Å². The van der Waals surface area contributed by atoms with Gasteiger partial charge in [-0.1, -0.05) is 36.4 Å². The van der Waals surface area contributed by atoms with Gasteiger partial charge in [-0.3, -0.25) is 9.59 Å². The number of hydrogen-bond donors (Lipinski definition) is 2. The molecule has 0 unspecified atom stereocenters. The minimum absolute atomic E-state index is 0.00200. The molecule has 2 N–H and O–H groups in total. The smallest absolute Gasteiger partial charge is 0.258 e. The van der Waals surface area contributed by atoms with Crippen molar-refractivity contribution in [2.24, 2.45) is 0 Å². The zero-order valence-electron chi connectivity index (χ0n) is 19.3. The first-order valence-electron chi connectivity index (χ1n) is 11.0. The van der Waals surface area contributed by atoms with Crippen LogP contribution in [-0.4, -0.2) is 26.3 Å². The standard InChI is InChI=1S/C26H27N3O4S/c1-17-9-12-23(28-19(3)30)25(13-17)34(32,33)27-16-20-10-11-22-14-18(2)29(24(22)15-20)26(31)21-7-5-4-6-8-21/h4-13,15,18,27H,14,16H2,1-3H3,(H,28,30)/t18-/m0/s1. The SMILES string of the molecule is CC(=O)Nc1ccc(C)cc1S(=O)(=O)NCc1ccc2c(c1)N(C(=O)c1ccccc1)[C@@H](C)C2. The van der Waals surface area contributed by atoms with Gasteiger partial charge < -0.3 is 10.2 Å². The van der Waals surface area contributed by atoms with Gasteiger partial charge in [0.25, 0.3) is 5.91 Å². The second kappa shape index (κ2) is 9.40. The summed E-state index contributed by atoms with van der Waals surface area (Å²) in [5.41, 5.74) is 4.18. The van der Waals surface area contributed by atoms with Gasteiger partial charge in [0.15, 0.2) is 0 Å². The van der Waals surface area contributed by atoms with Gasteiger partial charge in [-0.25, -0.2) is 13.1 Å². The van der Waals surface area contributed by atoms with Crippen molar-refractivity contribution in [2.45, 2.75) is 44.7 Å².